The van der Waals surface area contributed by atoms with Crippen LogP contribution in [0.4, 0.5) is 4.79 Å². The normalized spacial score (nSPS) is 21.4. The first-order valence-electron chi connectivity index (χ1n) is 6.98. The van der Waals surface area contributed by atoms with Crippen LogP contribution in [0.1, 0.15) is 34.1 Å². The van der Waals surface area contributed by atoms with Crippen LogP contribution < -0.4 is 0 Å². The summed E-state index contributed by atoms with van der Waals surface area (Å²) in [7, 11) is 1.79. The molecule has 0 aromatic heterocycles. The molecular weight excluding hydrogens is 260 g/mol. The standard InChI is InChI=1S/C14H26N2O4/c1-10(14(2,3)4)15(5)13(19)16-6-7-20-11(9-16)8-12(17)18/h10-11H,6-9H2,1-5H3,(H,17,18). The van der Waals surface area contributed by atoms with E-state index in [0.717, 1.165) is 0 Å². The summed E-state index contributed by atoms with van der Waals surface area (Å²) in [6, 6.07) is 0.0295. The predicted molar refractivity (Wildman–Crippen MR) is 75.6 cm³/mol. The molecule has 2 atom stereocenters. The Morgan fingerprint density at radius 2 is 2.05 bits per heavy atom. The van der Waals surface area contributed by atoms with Gasteiger partial charge in [-0.25, -0.2) is 4.79 Å². The first-order valence-corrected chi connectivity index (χ1v) is 6.98. The quantitative estimate of drug-likeness (QED) is 0.856. The monoisotopic (exact) mass is 286 g/mol. The minimum atomic E-state index is -0.902. The molecule has 116 valence electrons. The highest BCUT2D eigenvalue weighted by molar-refractivity contribution is 5.75. The number of amides is 2. The van der Waals surface area contributed by atoms with Crippen LogP contribution in [0.5, 0.6) is 0 Å². The zero-order valence-electron chi connectivity index (χ0n) is 13.0. The fraction of sp³-hybridized carbons (Fsp3) is 0.857. The number of carboxylic acids is 1. The van der Waals surface area contributed by atoms with Crippen molar-refractivity contribution >= 4 is 12.0 Å². The Labute approximate surface area is 120 Å². The maximum Gasteiger partial charge on any atom is 0.320 e. The summed E-state index contributed by atoms with van der Waals surface area (Å²) in [5.41, 5.74) is -0.00281. The van der Waals surface area contributed by atoms with Gasteiger partial charge in [-0.2, -0.15) is 0 Å². The van der Waals surface area contributed by atoms with Crippen LogP contribution in [0.3, 0.4) is 0 Å². The Morgan fingerprint density at radius 3 is 2.55 bits per heavy atom. The summed E-state index contributed by atoms with van der Waals surface area (Å²) < 4.78 is 5.38. The molecule has 6 nitrogen and oxygen atoms in total. The molecule has 0 aliphatic carbocycles. The Balaban J connectivity index is 2.64. The van der Waals surface area contributed by atoms with Crippen molar-refractivity contribution in [3.63, 3.8) is 0 Å². The number of hydrogen-bond donors (Lipinski definition) is 1. The fourth-order valence-electron chi connectivity index (χ4n) is 2.18. The number of hydrogen-bond acceptors (Lipinski definition) is 3. The second-order valence-corrected chi connectivity index (χ2v) is 6.47. The maximum atomic E-state index is 12.5. The smallest absolute Gasteiger partial charge is 0.320 e. The lowest BCUT2D eigenvalue weighted by atomic mass is 9.87. The van der Waals surface area contributed by atoms with E-state index < -0.39 is 12.1 Å². The van der Waals surface area contributed by atoms with Crippen LogP contribution in [-0.4, -0.2) is 65.8 Å². The lowest BCUT2D eigenvalue weighted by Crippen LogP contribution is -2.54. The maximum absolute atomic E-state index is 12.5. The zero-order chi connectivity index (χ0) is 15.5. The number of rotatable bonds is 3. The summed E-state index contributed by atoms with van der Waals surface area (Å²) in [6.07, 6.45) is -0.481. The summed E-state index contributed by atoms with van der Waals surface area (Å²) in [4.78, 5) is 26.6. The van der Waals surface area contributed by atoms with E-state index in [0.29, 0.717) is 19.7 Å². The van der Waals surface area contributed by atoms with Crippen LogP contribution >= 0.6 is 0 Å². The van der Waals surface area contributed by atoms with Crippen molar-refractivity contribution in [1.82, 2.24) is 9.80 Å². The highest BCUT2D eigenvalue weighted by Gasteiger charge is 2.32. The van der Waals surface area contributed by atoms with Gasteiger partial charge in [-0.3, -0.25) is 4.79 Å². The van der Waals surface area contributed by atoms with E-state index in [2.05, 4.69) is 20.8 Å². The van der Waals surface area contributed by atoms with E-state index in [1.807, 2.05) is 6.92 Å². The topological polar surface area (TPSA) is 70.1 Å². The van der Waals surface area contributed by atoms with Gasteiger partial charge in [0.15, 0.2) is 0 Å². The van der Waals surface area contributed by atoms with Crippen molar-refractivity contribution in [2.45, 2.75) is 46.3 Å². The van der Waals surface area contributed by atoms with Crippen molar-refractivity contribution in [1.29, 1.82) is 0 Å². The lowest BCUT2D eigenvalue weighted by molar-refractivity contribution is -0.141. The molecule has 1 aliphatic heterocycles. The van der Waals surface area contributed by atoms with Crippen LogP contribution in [0.25, 0.3) is 0 Å². The number of carbonyl (C=O) groups is 2. The van der Waals surface area contributed by atoms with Gasteiger partial charge in [0.2, 0.25) is 0 Å². The molecule has 0 aromatic carbocycles. The van der Waals surface area contributed by atoms with E-state index >= 15 is 0 Å². The Hall–Kier alpha value is -1.30. The van der Waals surface area contributed by atoms with Gasteiger partial charge in [-0.1, -0.05) is 20.8 Å². The summed E-state index contributed by atoms with van der Waals surface area (Å²) in [5, 5.41) is 8.80. The second-order valence-electron chi connectivity index (χ2n) is 6.47. The Morgan fingerprint density at radius 1 is 1.45 bits per heavy atom. The van der Waals surface area contributed by atoms with Gasteiger partial charge >= 0.3 is 12.0 Å². The van der Waals surface area contributed by atoms with Crippen molar-refractivity contribution in [2.75, 3.05) is 26.7 Å². The number of carbonyl (C=O) groups excluding carboxylic acids is 1. The summed E-state index contributed by atoms with van der Waals surface area (Å²) >= 11 is 0. The van der Waals surface area contributed by atoms with Crippen molar-refractivity contribution < 1.29 is 19.4 Å². The second kappa shape index (κ2) is 6.43. The van der Waals surface area contributed by atoms with Crippen LogP contribution in [0.15, 0.2) is 0 Å². The molecular formula is C14H26N2O4. The average molecular weight is 286 g/mol. The molecule has 0 saturated carbocycles. The van der Waals surface area contributed by atoms with Crippen molar-refractivity contribution in [3.8, 4) is 0 Å². The fourth-order valence-corrected chi connectivity index (χ4v) is 2.18. The lowest BCUT2D eigenvalue weighted by Gasteiger charge is -2.40. The van der Waals surface area contributed by atoms with E-state index in [1.54, 1.807) is 16.8 Å². The molecule has 2 amide bonds. The van der Waals surface area contributed by atoms with E-state index in [-0.39, 0.29) is 23.9 Å². The molecule has 0 bridgehead atoms. The van der Waals surface area contributed by atoms with Gasteiger partial charge in [0.05, 0.1) is 19.1 Å². The van der Waals surface area contributed by atoms with Gasteiger partial charge in [0.1, 0.15) is 0 Å². The van der Waals surface area contributed by atoms with E-state index in [9.17, 15) is 9.59 Å². The van der Waals surface area contributed by atoms with Crippen LogP contribution in [0, 0.1) is 5.41 Å². The molecule has 20 heavy (non-hydrogen) atoms. The molecule has 0 aromatic rings. The number of aliphatic carboxylic acids is 1. The first kappa shape index (κ1) is 16.8. The van der Waals surface area contributed by atoms with Gasteiger partial charge < -0.3 is 19.6 Å². The van der Waals surface area contributed by atoms with Crippen molar-refractivity contribution in [2.24, 2.45) is 5.41 Å². The number of morpholine rings is 1. The minimum absolute atomic E-state index is 0.00281. The Kier molecular flexibility index (Phi) is 5.39. The zero-order valence-corrected chi connectivity index (χ0v) is 13.0. The molecule has 1 aliphatic rings. The average Bonchev–Trinajstić information content (AvgIpc) is 2.34. The van der Waals surface area contributed by atoms with Gasteiger partial charge in [0, 0.05) is 26.2 Å². The van der Waals surface area contributed by atoms with Crippen LogP contribution in [0.2, 0.25) is 0 Å². The number of ether oxygens (including phenoxy) is 1. The molecule has 1 fully saturated rings. The highest BCUT2D eigenvalue weighted by atomic mass is 16.5. The van der Waals surface area contributed by atoms with Gasteiger partial charge in [0.25, 0.3) is 0 Å². The molecule has 1 heterocycles. The summed E-state index contributed by atoms with van der Waals surface area (Å²) in [5.74, 6) is -0.902. The molecule has 2 unspecified atom stereocenters. The highest BCUT2D eigenvalue weighted by Crippen LogP contribution is 2.24. The van der Waals surface area contributed by atoms with E-state index in [1.165, 1.54) is 0 Å². The largest absolute Gasteiger partial charge is 0.481 e. The van der Waals surface area contributed by atoms with E-state index in [4.69, 9.17) is 9.84 Å². The number of nitrogens with zero attached hydrogens (tertiary/aromatic N) is 2. The molecule has 1 N–H and O–H groups in total. The van der Waals surface area contributed by atoms with Gasteiger partial charge in [-0.05, 0) is 12.3 Å². The molecule has 0 radical (unpaired) electrons. The van der Waals surface area contributed by atoms with Gasteiger partial charge in [-0.15, -0.1) is 0 Å². The molecule has 1 rings (SSSR count). The Bertz CT molecular complexity index is 365. The third-order valence-corrected chi connectivity index (χ3v) is 3.95. The minimum Gasteiger partial charge on any atom is -0.481 e. The summed E-state index contributed by atoms with van der Waals surface area (Å²) in [6.45, 7) is 9.53. The number of carboxylic acid groups (broad SMARTS) is 1. The molecule has 6 heteroatoms. The van der Waals surface area contributed by atoms with Crippen LogP contribution in [-0.2, 0) is 9.53 Å². The SMILES string of the molecule is CC(N(C)C(=O)N1CCOC(CC(=O)O)C1)C(C)(C)C. The third-order valence-electron chi connectivity index (χ3n) is 3.95. The predicted octanol–water partition coefficient (Wildman–Crippen LogP) is 1.65. The molecule has 1 saturated heterocycles. The molecule has 0 spiro atoms. The third kappa shape index (κ3) is 4.37. The van der Waals surface area contributed by atoms with Crippen molar-refractivity contribution in [3.05, 3.63) is 0 Å². The number of urea groups is 1. The first-order chi connectivity index (χ1) is 9.12.